The number of amides is 1. The fourth-order valence-electron chi connectivity index (χ4n) is 2.68. The molecule has 1 amide bonds. The van der Waals surface area contributed by atoms with Gasteiger partial charge < -0.3 is 10.4 Å². The minimum Gasteiger partial charge on any atom is -0.481 e. The Morgan fingerprint density at radius 2 is 2.14 bits per heavy atom. The van der Waals surface area contributed by atoms with Crippen molar-refractivity contribution in [3.05, 3.63) is 24.3 Å². The Morgan fingerprint density at radius 3 is 2.76 bits per heavy atom. The van der Waals surface area contributed by atoms with Crippen molar-refractivity contribution < 1.29 is 14.7 Å². The van der Waals surface area contributed by atoms with E-state index in [0.29, 0.717) is 13.0 Å². The zero-order valence-electron chi connectivity index (χ0n) is 12.2. The van der Waals surface area contributed by atoms with Crippen molar-refractivity contribution in [3.8, 4) is 0 Å². The van der Waals surface area contributed by atoms with Crippen molar-refractivity contribution in [2.24, 2.45) is 5.92 Å². The Balaban J connectivity index is 1.95. The predicted octanol–water partition coefficient (Wildman–Crippen LogP) is 2.14. The molecule has 1 fully saturated rings. The monoisotopic (exact) mass is 308 g/mol. The summed E-state index contributed by atoms with van der Waals surface area (Å²) in [5.41, 5.74) is 0.802. The van der Waals surface area contributed by atoms with Gasteiger partial charge in [-0.25, -0.2) is 0 Å². The van der Waals surface area contributed by atoms with E-state index >= 15 is 0 Å². The van der Waals surface area contributed by atoms with Crippen LogP contribution >= 0.6 is 11.8 Å². The van der Waals surface area contributed by atoms with Crippen LogP contribution in [0.25, 0.3) is 0 Å². The van der Waals surface area contributed by atoms with Crippen molar-refractivity contribution in [1.82, 2.24) is 4.90 Å². The summed E-state index contributed by atoms with van der Waals surface area (Å²) >= 11 is 1.58. The van der Waals surface area contributed by atoms with Gasteiger partial charge in [-0.2, -0.15) is 0 Å². The molecule has 1 aromatic carbocycles. The second kappa shape index (κ2) is 6.95. The first-order chi connectivity index (χ1) is 10.0. The molecule has 0 aliphatic carbocycles. The van der Waals surface area contributed by atoms with Crippen molar-refractivity contribution in [1.29, 1.82) is 0 Å². The van der Waals surface area contributed by atoms with E-state index in [2.05, 4.69) is 5.32 Å². The Morgan fingerprint density at radius 1 is 1.43 bits per heavy atom. The van der Waals surface area contributed by atoms with E-state index in [-0.39, 0.29) is 24.4 Å². The topological polar surface area (TPSA) is 69.6 Å². The standard InChI is InChI=1S/C15H20N2O3S/c1-10-11(15(19)20)7-8-17(10)9-14(18)16-12-5-3-4-6-13(12)21-2/h3-6,10-11H,7-9H2,1-2H3,(H,16,18)(H,19,20). The Bertz CT molecular complexity index is 535. The van der Waals surface area contributed by atoms with Crippen molar-refractivity contribution in [3.63, 3.8) is 0 Å². The number of carbonyl (C=O) groups excluding carboxylic acids is 1. The average Bonchev–Trinajstić information content (AvgIpc) is 2.81. The molecule has 1 heterocycles. The predicted molar refractivity (Wildman–Crippen MR) is 83.6 cm³/mol. The lowest BCUT2D eigenvalue weighted by molar-refractivity contribution is -0.142. The summed E-state index contributed by atoms with van der Waals surface area (Å²) in [5, 5.41) is 12.0. The van der Waals surface area contributed by atoms with Crippen LogP contribution in [0.1, 0.15) is 13.3 Å². The maximum Gasteiger partial charge on any atom is 0.308 e. The van der Waals surface area contributed by atoms with Crippen LogP contribution in [0.5, 0.6) is 0 Å². The number of nitrogens with zero attached hydrogens (tertiary/aromatic N) is 1. The van der Waals surface area contributed by atoms with E-state index in [0.717, 1.165) is 10.6 Å². The number of benzene rings is 1. The number of anilines is 1. The van der Waals surface area contributed by atoms with Crippen LogP contribution < -0.4 is 5.32 Å². The number of nitrogens with one attached hydrogen (secondary N) is 1. The van der Waals surface area contributed by atoms with Gasteiger partial charge in [0.15, 0.2) is 0 Å². The second-order valence-electron chi connectivity index (χ2n) is 5.19. The van der Waals surface area contributed by atoms with Gasteiger partial charge in [0.1, 0.15) is 0 Å². The molecular formula is C15H20N2O3S. The summed E-state index contributed by atoms with van der Waals surface area (Å²) in [6.07, 6.45) is 2.57. The summed E-state index contributed by atoms with van der Waals surface area (Å²) < 4.78 is 0. The van der Waals surface area contributed by atoms with Gasteiger partial charge in [0, 0.05) is 10.9 Å². The number of rotatable bonds is 5. The molecule has 0 bridgehead atoms. The summed E-state index contributed by atoms with van der Waals surface area (Å²) in [6.45, 7) is 2.75. The number of hydrogen-bond acceptors (Lipinski definition) is 4. The number of likely N-dealkylation sites (tertiary alicyclic amines) is 1. The highest BCUT2D eigenvalue weighted by Gasteiger charge is 2.36. The zero-order chi connectivity index (χ0) is 15.4. The van der Waals surface area contributed by atoms with E-state index in [9.17, 15) is 9.59 Å². The number of hydrogen-bond donors (Lipinski definition) is 2. The Hall–Kier alpha value is -1.53. The number of carboxylic acid groups (broad SMARTS) is 1. The smallest absolute Gasteiger partial charge is 0.308 e. The Kier molecular flexibility index (Phi) is 5.25. The number of carboxylic acids is 1. The lowest BCUT2D eigenvalue weighted by Gasteiger charge is -2.22. The van der Waals surface area contributed by atoms with Crippen LogP contribution in [0, 0.1) is 5.92 Å². The number of thioether (sulfide) groups is 1. The zero-order valence-corrected chi connectivity index (χ0v) is 13.0. The minimum absolute atomic E-state index is 0.102. The van der Waals surface area contributed by atoms with Crippen LogP contribution in [0.3, 0.4) is 0 Å². The molecule has 2 rings (SSSR count). The summed E-state index contributed by atoms with van der Waals surface area (Å²) in [4.78, 5) is 26.2. The van der Waals surface area contributed by atoms with Gasteiger partial charge in [0.2, 0.25) is 5.91 Å². The molecule has 2 N–H and O–H groups in total. The maximum atomic E-state index is 12.1. The van der Waals surface area contributed by atoms with E-state index in [1.54, 1.807) is 11.8 Å². The summed E-state index contributed by atoms with van der Waals surface area (Å²) in [7, 11) is 0. The third-order valence-corrected chi connectivity index (χ3v) is 4.73. The highest BCUT2D eigenvalue weighted by Crippen LogP contribution is 2.26. The molecule has 0 radical (unpaired) electrons. The third-order valence-electron chi connectivity index (χ3n) is 3.93. The first-order valence-corrected chi connectivity index (χ1v) is 8.15. The molecule has 0 spiro atoms. The molecule has 6 heteroatoms. The minimum atomic E-state index is -0.780. The van der Waals surface area contributed by atoms with E-state index in [1.807, 2.05) is 42.3 Å². The van der Waals surface area contributed by atoms with Crippen molar-refractivity contribution >= 4 is 29.3 Å². The molecule has 21 heavy (non-hydrogen) atoms. The molecule has 114 valence electrons. The number of para-hydroxylation sites is 1. The van der Waals surface area contributed by atoms with Gasteiger partial charge in [-0.15, -0.1) is 11.8 Å². The van der Waals surface area contributed by atoms with Gasteiger partial charge >= 0.3 is 5.97 Å². The molecule has 0 saturated carbocycles. The van der Waals surface area contributed by atoms with E-state index < -0.39 is 5.97 Å². The van der Waals surface area contributed by atoms with Gasteiger partial charge in [-0.05, 0) is 38.3 Å². The van der Waals surface area contributed by atoms with Gasteiger partial charge in [0.25, 0.3) is 0 Å². The summed E-state index contributed by atoms with van der Waals surface area (Å²) in [6, 6.07) is 7.54. The van der Waals surface area contributed by atoms with Gasteiger partial charge in [0.05, 0.1) is 18.2 Å². The third kappa shape index (κ3) is 3.77. The molecule has 5 nitrogen and oxygen atoms in total. The first-order valence-electron chi connectivity index (χ1n) is 6.92. The quantitative estimate of drug-likeness (QED) is 0.816. The average molecular weight is 308 g/mol. The molecule has 1 aliphatic rings. The largest absolute Gasteiger partial charge is 0.481 e. The van der Waals surface area contributed by atoms with Crippen LogP contribution in [0.4, 0.5) is 5.69 Å². The van der Waals surface area contributed by atoms with E-state index in [4.69, 9.17) is 5.11 Å². The van der Waals surface area contributed by atoms with Crippen LogP contribution in [-0.4, -0.2) is 47.3 Å². The van der Waals surface area contributed by atoms with Crippen LogP contribution in [-0.2, 0) is 9.59 Å². The highest BCUT2D eigenvalue weighted by molar-refractivity contribution is 7.98. The lowest BCUT2D eigenvalue weighted by atomic mass is 10.0. The van der Waals surface area contributed by atoms with Gasteiger partial charge in [-0.3, -0.25) is 14.5 Å². The maximum absolute atomic E-state index is 12.1. The van der Waals surface area contributed by atoms with Crippen LogP contribution in [0.2, 0.25) is 0 Å². The molecule has 1 aliphatic heterocycles. The molecular weight excluding hydrogens is 288 g/mol. The van der Waals surface area contributed by atoms with Crippen molar-refractivity contribution in [2.45, 2.75) is 24.3 Å². The molecule has 1 saturated heterocycles. The number of aliphatic carboxylic acids is 1. The molecule has 1 aromatic rings. The first kappa shape index (κ1) is 15.9. The normalized spacial score (nSPS) is 22.2. The Labute approximate surface area is 128 Å². The lowest BCUT2D eigenvalue weighted by Crippen LogP contribution is -2.38. The fourth-order valence-corrected chi connectivity index (χ4v) is 3.23. The SMILES string of the molecule is CSc1ccccc1NC(=O)CN1CCC(C(=O)O)C1C. The second-order valence-corrected chi connectivity index (χ2v) is 6.04. The summed E-state index contributed by atoms with van der Waals surface area (Å²) in [5.74, 6) is -1.26. The molecule has 2 unspecified atom stereocenters. The van der Waals surface area contributed by atoms with Crippen molar-refractivity contribution in [2.75, 3.05) is 24.7 Å². The van der Waals surface area contributed by atoms with Crippen LogP contribution in [0.15, 0.2) is 29.2 Å². The molecule has 0 aromatic heterocycles. The fraction of sp³-hybridized carbons (Fsp3) is 0.467. The highest BCUT2D eigenvalue weighted by atomic mass is 32.2. The van der Waals surface area contributed by atoms with E-state index in [1.165, 1.54) is 0 Å². The van der Waals surface area contributed by atoms with Gasteiger partial charge in [-0.1, -0.05) is 12.1 Å². The number of carbonyl (C=O) groups is 2. The molecule has 2 atom stereocenters.